The van der Waals surface area contributed by atoms with Crippen LogP contribution in [0, 0.1) is 5.92 Å². The minimum absolute atomic E-state index is 0.0636. The maximum atomic E-state index is 12.7. The van der Waals surface area contributed by atoms with Gasteiger partial charge in [-0.25, -0.2) is 9.78 Å². The maximum absolute atomic E-state index is 12.7. The van der Waals surface area contributed by atoms with Gasteiger partial charge in [0, 0.05) is 24.7 Å². The number of nitrogens with one attached hydrogen (secondary N) is 3. The van der Waals surface area contributed by atoms with Gasteiger partial charge in [0.05, 0.1) is 7.11 Å². The van der Waals surface area contributed by atoms with Gasteiger partial charge in [0.25, 0.3) is 0 Å². The van der Waals surface area contributed by atoms with Gasteiger partial charge < -0.3 is 20.7 Å². The number of fused-ring (bicyclic) bond motifs is 1. The van der Waals surface area contributed by atoms with E-state index >= 15 is 0 Å². The second-order valence-corrected chi connectivity index (χ2v) is 8.45. The van der Waals surface area contributed by atoms with Crippen molar-refractivity contribution < 1.29 is 14.3 Å². The molecule has 1 aromatic heterocycles. The third-order valence-electron chi connectivity index (χ3n) is 6.14. The lowest BCUT2D eigenvalue weighted by molar-refractivity contribution is -0.143. The van der Waals surface area contributed by atoms with Crippen LogP contribution in [0.25, 0.3) is 0 Å². The highest BCUT2D eigenvalue weighted by molar-refractivity contribution is 5.79. The summed E-state index contributed by atoms with van der Waals surface area (Å²) in [5, 5.41) is 9.69. The summed E-state index contributed by atoms with van der Waals surface area (Å²) in [4.78, 5) is 29.6. The van der Waals surface area contributed by atoms with Crippen molar-refractivity contribution >= 4 is 17.7 Å². The van der Waals surface area contributed by atoms with E-state index in [-0.39, 0.29) is 17.8 Å². The van der Waals surface area contributed by atoms with Gasteiger partial charge in [-0.15, -0.1) is 0 Å². The lowest BCUT2D eigenvalue weighted by atomic mass is 10.0. The lowest BCUT2D eigenvalue weighted by Gasteiger charge is -2.19. The quantitative estimate of drug-likeness (QED) is 0.338. The van der Waals surface area contributed by atoms with Crippen LogP contribution in [0.2, 0.25) is 0 Å². The molecule has 1 aliphatic rings. The summed E-state index contributed by atoms with van der Waals surface area (Å²) >= 11 is 0. The first-order chi connectivity index (χ1) is 16.1. The van der Waals surface area contributed by atoms with E-state index in [4.69, 9.17) is 9.72 Å². The monoisotopic (exact) mass is 452 g/mol. The second-order valence-electron chi connectivity index (χ2n) is 8.45. The van der Waals surface area contributed by atoms with Crippen LogP contribution in [-0.2, 0) is 27.2 Å². The first-order valence-corrected chi connectivity index (χ1v) is 12.0. The van der Waals surface area contributed by atoms with Crippen LogP contribution in [0.5, 0.6) is 0 Å². The molecule has 0 aliphatic carbocycles. The number of amides is 1. The van der Waals surface area contributed by atoms with Gasteiger partial charge in [0.1, 0.15) is 11.9 Å². The third-order valence-corrected chi connectivity index (χ3v) is 6.14. The third kappa shape index (κ3) is 7.29. The highest BCUT2D eigenvalue weighted by Crippen LogP contribution is 2.20. The number of aromatic nitrogens is 1. The second kappa shape index (κ2) is 12.9. The largest absolute Gasteiger partial charge is 0.468 e. The van der Waals surface area contributed by atoms with Crippen molar-refractivity contribution in [2.75, 3.05) is 32.1 Å². The number of methoxy groups -OCH3 is 1. The molecule has 0 radical (unpaired) electrons. The standard InChI is InChI=1S/C26H36N4O3/c1-3-19(15-18-27-23(26(32)33-2)20-9-5-4-6-10-20)25(31)29-17-8-12-22-14-13-21-11-7-16-28-24(21)30-22/h4-6,9-10,13-14,19,23,27H,3,7-8,11-12,15-18H2,1-2H3,(H,28,30)(H,29,31)/t19-,23?/m0/s1. The normalized spacial score (nSPS) is 14.5. The van der Waals surface area contributed by atoms with Crippen LogP contribution in [-0.4, -0.2) is 43.6 Å². The molecule has 178 valence electrons. The summed E-state index contributed by atoms with van der Waals surface area (Å²) < 4.78 is 4.94. The van der Waals surface area contributed by atoms with Crippen molar-refractivity contribution in [2.45, 2.75) is 51.5 Å². The van der Waals surface area contributed by atoms with E-state index in [2.05, 4.69) is 28.1 Å². The molecule has 2 atom stereocenters. The van der Waals surface area contributed by atoms with Gasteiger partial charge in [0.2, 0.25) is 5.91 Å². The van der Waals surface area contributed by atoms with Gasteiger partial charge in [-0.05, 0) is 62.3 Å². The fourth-order valence-electron chi connectivity index (χ4n) is 4.16. The molecule has 2 heterocycles. The molecule has 1 amide bonds. The Morgan fingerprint density at radius 3 is 2.73 bits per heavy atom. The van der Waals surface area contributed by atoms with Crippen molar-refractivity contribution in [3.05, 3.63) is 59.3 Å². The Hall–Kier alpha value is -2.93. The molecule has 3 N–H and O–H groups in total. The van der Waals surface area contributed by atoms with Gasteiger partial charge >= 0.3 is 5.97 Å². The van der Waals surface area contributed by atoms with E-state index in [1.807, 2.05) is 37.3 Å². The maximum Gasteiger partial charge on any atom is 0.327 e. The first-order valence-electron chi connectivity index (χ1n) is 12.0. The van der Waals surface area contributed by atoms with E-state index in [1.54, 1.807) is 0 Å². The molecule has 1 aliphatic heterocycles. The summed E-state index contributed by atoms with van der Waals surface area (Å²) in [5.74, 6) is 0.651. The SMILES string of the molecule is CC[C@@H](CCNC(C(=O)OC)c1ccccc1)C(=O)NCCCc1ccc2c(n1)NCCC2. The molecule has 7 heteroatoms. The Balaban J connectivity index is 1.40. The summed E-state index contributed by atoms with van der Waals surface area (Å²) in [6, 6.07) is 13.2. The van der Waals surface area contributed by atoms with E-state index < -0.39 is 6.04 Å². The summed E-state index contributed by atoms with van der Waals surface area (Å²) in [5.41, 5.74) is 3.20. The molecule has 33 heavy (non-hydrogen) atoms. The van der Waals surface area contributed by atoms with Gasteiger partial charge in [-0.1, -0.05) is 43.3 Å². The Labute approximate surface area is 196 Å². The Morgan fingerprint density at radius 1 is 1.15 bits per heavy atom. The van der Waals surface area contributed by atoms with Gasteiger partial charge in [0.15, 0.2) is 0 Å². The predicted octanol–water partition coefficient (Wildman–Crippen LogP) is 3.41. The number of aryl methyl sites for hydroxylation is 2. The molecule has 3 rings (SSSR count). The number of hydrogen-bond donors (Lipinski definition) is 3. The summed E-state index contributed by atoms with van der Waals surface area (Å²) in [6.45, 7) is 4.18. The zero-order valence-electron chi connectivity index (χ0n) is 19.7. The fourth-order valence-corrected chi connectivity index (χ4v) is 4.16. The summed E-state index contributed by atoms with van der Waals surface area (Å²) in [6.07, 6.45) is 5.34. The van der Waals surface area contributed by atoms with Crippen LogP contribution in [0.1, 0.15) is 55.5 Å². The minimum Gasteiger partial charge on any atom is -0.468 e. The number of carbonyl (C=O) groups excluding carboxylic acids is 2. The van der Waals surface area contributed by atoms with E-state index in [0.29, 0.717) is 19.5 Å². The average molecular weight is 453 g/mol. The Morgan fingerprint density at radius 2 is 1.97 bits per heavy atom. The number of carbonyl (C=O) groups is 2. The number of anilines is 1. The Kier molecular flexibility index (Phi) is 9.69. The molecule has 7 nitrogen and oxygen atoms in total. The molecule has 0 bridgehead atoms. The molecule has 0 fully saturated rings. The number of esters is 1. The number of hydrogen-bond acceptors (Lipinski definition) is 6. The molecule has 1 unspecified atom stereocenters. The van der Waals surface area contributed by atoms with Crippen molar-refractivity contribution in [3.8, 4) is 0 Å². The van der Waals surface area contributed by atoms with Crippen molar-refractivity contribution in [2.24, 2.45) is 5.92 Å². The molecule has 0 saturated heterocycles. The van der Waals surface area contributed by atoms with Gasteiger partial charge in [-0.2, -0.15) is 0 Å². The number of nitrogens with zero attached hydrogens (tertiary/aromatic N) is 1. The summed E-state index contributed by atoms with van der Waals surface area (Å²) in [7, 11) is 1.39. The average Bonchev–Trinajstić information content (AvgIpc) is 2.86. The minimum atomic E-state index is -0.532. The topological polar surface area (TPSA) is 92.3 Å². The highest BCUT2D eigenvalue weighted by atomic mass is 16.5. The molecule has 1 aromatic carbocycles. The number of pyridine rings is 1. The molecule has 0 saturated carbocycles. The molecular formula is C26H36N4O3. The predicted molar refractivity (Wildman–Crippen MR) is 130 cm³/mol. The molecule has 2 aromatic rings. The zero-order chi connectivity index (χ0) is 23.5. The zero-order valence-corrected chi connectivity index (χ0v) is 19.7. The molecule has 0 spiro atoms. The van der Waals surface area contributed by atoms with Gasteiger partial charge in [-0.3, -0.25) is 4.79 Å². The van der Waals surface area contributed by atoms with Crippen LogP contribution in [0.15, 0.2) is 42.5 Å². The number of rotatable bonds is 12. The van der Waals surface area contributed by atoms with Crippen LogP contribution in [0.4, 0.5) is 5.82 Å². The van der Waals surface area contributed by atoms with Crippen LogP contribution >= 0.6 is 0 Å². The number of ether oxygens (including phenoxy) is 1. The smallest absolute Gasteiger partial charge is 0.327 e. The first kappa shape index (κ1) is 24.7. The van der Waals surface area contributed by atoms with E-state index in [0.717, 1.165) is 55.7 Å². The van der Waals surface area contributed by atoms with Crippen LogP contribution < -0.4 is 16.0 Å². The van der Waals surface area contributed by atoms with Crippen molar-refractivity contribution in [1.29, 1.82) is 0 Å². The highest BCUT2D eigenvalue weighted by Gasteiger charge is 2.22. The van der Waals surface area contributed by atoms with E-state index in [9.17, 15) is 9.59 Å². The fraction of sp³-hybridized carbons (Fsp3) is 0.500. The van der Waals surface area contributed by atoms with E-state index in [1.165, 1.54) is 12.7 Å². The number of benzene rings is 1. The van der Waals surface area contributed by atoms with Crippen LogP contribution in [0.3, 0.4) is 0 Å². The van der Waals surface area contributed by atoms with Crippen molar-refractivity contribution in [1.82, 2.24) is 15.6 Å². The van der Waals surface area contributed by atoms with Crippen molar-refractivity contribution in [3.63, 3.8) is 0 Å². The Bertz CT molecular complexity index is 904. The molecular weight excluding hydrogens is 416 g/mol. The lowest BCUT2D eigenvalue weighted by Crippen LogP contribution is -2.35.